The molecule has 6 heteroatoms. The molecule has 2 amide bonds. The molecular weight excluding hydrogens is 378 g/mol. The van der Waals surface area contributed by atoms with Crippen LogP contribution in [-0.2, 0) is 4.28 Å². The van der Waals surface area contributed by atoms with Crippen molar-refractivity contribution < 1.29 is 13.9 Å². The van der Waals surface area contributed by atoms with E-state index < -0.39 is 11.8 Å². The lowest BCUT2D eigenvalue weighted by Crippen LogP contribution is -2.38. The number of amides is 2. The molecule has 0 saturated heterocycles. The summed E-state index contributed by atoms with van der Waals surface area (Å²) >= 11 is 2.79. The van der Waals surface area contributed by atoms with Gasteiger partial charge >= 0.3 is 0 Å². The number of carbonyl (C=O) groups excluding carboxylic acids is 2. The number of hydrogen-bond donors (Lipinski definition) is 0. The van der Waals surface area contributed by atoms with Gasteiger partial charge in [0.05, 0.1) is 11.1 Å². The second-order valence-electron chi connectivity index (χ2n) is 6.60. The van der Waals surface area contributed by atoms with Crippen LogP contribution in [0.5, 0.6) is 0 Å². The van der Waals surface area contributed by atoms with Crippen LogP contribution in [0, 0.1) is 0 Å². The first-order valence-corrected chi connectivity index (χ1v) is 11.6. The molecule has 0 unspecified atom stereocenters. The number of carbonyl (C=O) groups is 2. The quantitative estimate of drug-likeness (QED) is 0.208. The van der Waals surface area contributed by atoms with Gasteiger partial charge in [-0.3, -0.25) is 9.59 Å². The van der Waals surface area contributed by atoms with E-state index in [2.05, 4.69) is 6.92 Å². The zero-order chi connectivity index (χ0) is 19.2. The molecule has 0 aliphatic carbocycles. The molecule has 2 aromatic rings. The maximum atomic E-state index is 12.7. The van der Waals surface area contributed by atoms with Crippen molar-refractivity contribution in [2.75, 3.05) is 12.0 Å². The number of nitrogens with zero attached hydrogens (tertiary/aromatic N) is 1. The van der Waals surface area contributed by atoms with Gasteiger partial charge in [0.15, 0.2) is 0 Å². The third-order valence-electron chi connectivity index (χ3n) is 4.73. The largest absolute Gasteiger partial charge is 0.286 e. The summed E-state index contributed by atoms with van der Waals surface area (Å²) < 4.78 is 5.19. The predicted molar refractivity (Wildman–Crippen MR) is 113 cm³/mol. The van der Waals surface area contributed by atoms with Crippen molar-refractivity contribution in [1.29, 1.82) is 0 Å². The van der Waals surface area contributed by atoms with Gasteiger partial charge in [-0.15, -0.1) is 16.8 Å². The van der Waals surface area contributed by atoms with Gasteiger partial charge in [-0.05, 0) is 35.8 Å². The van der Waals surface area contributed by atoms with E-state index in [9.17, 15) is 9.59 Å². The molecule has 0 radical (unpaired) electrons. The number of hydrogen-bond acceptors (Lipinski definition) is 5. The molecule has 0 saturated carbocycles. The molecule has 0 spiro atoms. The standard InChI is InChI=1S/C21H25NO3S2/c1-3-4-5-6-7-8-14-27-18-13-12-17-19-15(18)10-9-11-16(19)20(23)22(21(17)24)25-26-2/h9-13H,3-8,14H2,1-2H3. The SMILES string of the molecule is CCCCCCCCSc1ccc2c3c(cccc13)C(=O)N(OSC)C2=O. The van der Waals surface area contributed by atoms with Crippen LogP contribution in [0.3, 0.4) is 0 Å². The van der Waals surface area contributed by atoms with E-state index in [0.717, 1.165) is 38.5 Å². The number of rotatable bonds is 10. The van der Waals surface area contributed by atoms with Crippen LogP contribution in [0.2, 0.25) is 0 Å². The topological polar surface area (TPSA) is 46.6 Å². The minimum atomic E-state index is -0.398. The first kappa shape index (κ1) is 20.2. The van der Waals surface area contributed by atoms with E-state index in [1.165, 1.54) is 38.5 Å². The average Bonchev–Trinajstić information content (AvgIpc) is 2.69. The van der Waals surface area contributed by atoms with Crippen molar-refractivity contribution in [1.82, 2.24) is 5.06 Å². The molecule has 2 aromatic carbocycles. The Morgan fingerprint density at radius 3 is 2.37 bits per heavy atom. The summed E-state index contributed by atoms with van der Waals surface area (Å²) in [7, 11) is 0. The molecule has 1 heterocycles. The Kier molecular flexibility index (Phi) is 7.21. The first-order valence-electron chi connectivity index (χ1n) is 9.47. The van der Waals surface area contributed by atoms with Crippen LogP contribution < -0.4 is 0 Å². The molecule has 3 rings (SSSR count). The number of benzene rings is 2. The number of unbranched alkanes of at least 4 members (excludes halogenated alkanes) is 5. The van der Waals surface area contributed by atoms with Crippen LogP contribution in [-0.4, -0.2) is 28.9 Å². The summed E-state index contributed by atoms with van der Waals surface area (Å²) in [5.41, 5.74) is 1.05. The van der Waals surface area contributed by atoms with Gasteiger partial charge < -0.3 is 0 Å². The smallest absolute Gasteiger partial charge is 0.266 e. The molecule has 0 aromatic heterocycles. The Morgan fingerprint density at radius 1 is 0.926 bits per heavy atom. The van der Waals surface area contributed by atoms with Gasteiger partial charge in [-0.1, -0.05) is 51.2 Å². The fourth-order valence-electron chi connectivity index (χ4n) is 3.38. The van der Waals surface area contributed by atoms with Crippen molar-refractivity contribution in [3.05, 3.63) is 41.5 Å². The molecule has 27 heavy (non-hydrogen) atoms. The molecule has 4 nitrogen and oxygen atoms in total. The molecule has 0 N–H and O–H groups in total. The summed E-state index contributed by atoms with van der Waals surface area (Å²) in [6.45, 7) is 2.23. The molecule has 144 valence electrons. The van der Waals surface area contributed by atoms with E-state index in [0.29, 0.717) is 11.1 Å². The highest BCUT2D eigenvalue weighted by Crippen LogP contribution is 2.36. The highest BCUT2D eigenvalue weighted by molar-refractivity contribution is 7.99. The minimum absolute atomic E-state index is 0.398. The monoisotopic (exact) mass is 403 g/mol. The van der Waals surface area contributed by atoms with Crippen LogP contribution >= 0.6 is 23.8 Å². The molecule has 0 atom stereocenters. The molecular formula is C21H25NO3S2. The fraction of sp³-hybridized carbons (Fsp3) is 0.429. The van der Waals surface area contributed by atoms with E-state index in [1.54, 1.807) is 12.3 Å². The van der Waals surface area contributed by atoms with Crippen molar-refractivity contribution in [3.8, 4) is 0 Å². The summed E-state index contributed by atoms with van der Waals surface area (Å²) in [5.74, 6) is 0.255. The molecule has 1 aliphatic heterocycles. The predicted octanol–water partition coefficient (Wildman–Crippen LogP) is 6.10. The second kappa shape index (κ2) is 9.62. The van der Waals surface area contributed by atoms with E-state index in [-0.39, 0.29) is 0 Å². The molecule has 1 aliphatic rings. The Balaban J connectivity index is 1.78. The van der Waals surface area contributed by atoms with E-state index >= 15 is 0 Å². The number of thioether (sulfide) groups is 1. The fourth-order valence-corrected chi connectivity index (χ4v) is 4.72. The summed E-state index contributed by atoms with van der Waals surface area (Å²) in [5, 5.41) is 2.58. The van der Waals surface area contributed by atoms with Gasteiger partial charge in [-0.25, -0.2) is 0 Å². The third kappa shape index (κ3) is 4.33. The molecule has 0 bridgehead atoms. The maximum Gasteiger partial charge on any atom is 0.286 e. The Hall–Kier alpha value is -1.50. The van der Waals surface area contributed by atoms with Gasteiger partial charge in [0.1, 0.15) is 0 Å². The van der Waals surface area contributed by atoms with Crippen molar-refractivity contribution in [2.24, 2.45) is 0 Å². The summed E-state index contributed by atoms with van der Waals surface area (Å²) in [6.07, 6.45) is 9.33. The van der Waals surface area contributed by atoms with Gasteiger partial charge in [0.2, 0.25) is 0 Å². The van der Waals surface area contributed by atoms with Crippen LogP contribution in [0.25, 0.3) is 10.8 Å². The van der Waals surface area contributed by atoms with Crippen molar-refractivity contribution in [3.63, 3.8) is 0 Å². The van der Waals surface area contributed by atoms with E-state index in [4.69, 9.17) is 4.28 Å². The zero-order valence-electron chi connectivity index (χ0n) is 15.8. The van der Waals surface area contributed by atoms with E-state index in [1.807, 2.05) is 36.0 Å². The highest BCUT2D eigenvalue weighted by atomic mass is 32.2. The molecule has 0 fully saturated rings. The minimum Gasteiger partial charge on any atom is -0.266 e. The van der Waals surface area contributed by atoms with Gasteiger partial charge in [-0.2, -0.15) is 4.28 Å². The van der Waals surface area contributed by atoms with Crippen LogP contribution in [0.15, 0.2) is 35.2 Å². The Labute approximate surface area is 169 Å². The normalized spacial score (nSPS) is 13.6. The summed E-state index contributed by atoms with van der Waals surface area (Å²) in [4.78, 5) is 26.4. The van der Waals surface area contributed by atoms with Crippen molar-refractivity contribution >= 4 is 46.4 Å². The third-order valence-corrected chi connectivity index (χ3v) is 6.19. The summed E-state index contributed by atoms with van der Waals surface area (Å²) in [6, 6.07) is 9.45. The maximum absolute atomic E-state index is 12.7. The second-order valence-corrected chi connectivity index (χ2v) is 8.22. The lowest BCUT2D eigenvalue weighted by Gasteiger charge is -2.25. The average molecular weight is 404 g/mol. The lowest BCUT2D eigenvalue weighted by atomic mass is 9.95. The van der Waals surface area contributed by atoms with Crippen molar-refractivity contribution in [2.45, 2.75) is 50.3 Å². The lowest BCUT2D eigenvalue weighted by molar-refractivity contribution is -0.00723. The first-order chi connectivity index (χ1) is 13.2. The Bertz CT molecular complexity index is 815. The number of imide groups is 1. The van der Waals surface area contributed by atoms with Gasteiger partial charge in [0.25, 0.3) is 11.8 Å². The van der Waals surface area contributed by atoms with Crippen LogP contribution in [0.4, 0.5) is 0 Å². The zero-order valence-corrected chi connectivity index (χ0v) is 17.5. The highest BCUT2D eigenvalue weighted by Gasteiger charge is 2.34. The van der Waals surface area contributed by atoms with Gasteiger partial charge in [0, 0.05) is 28.6 Å². The van der Waals surface area contributed by atoms with Crippen LogP contribution in [0.1, 0.15) is 66.2 Å². The number of hydroxylamine groups is 2. The Morgan fingerprint density at radius 2 is 1.63 bits per heavy atom.